The highest BCUT2D eigenvalue weighted by Crippen LogP contribution is 2.18. The lowest BCUT2D eigenvalue weighted by Crippen LogP contribution is -2.52. The molecular formula is C18H30ClN3O5S. The van der Waals surface area contributed by atoms with Crippen molar-refractivity contribution in [3.05, 3.63) is 29.8 Å². The number of amides is 1. The van der Waals surface area contributed by atoms with Gasteiger partial charge in [0.25, 0.3) is 5.91 Å². The summed E-state index contributed by atoms with van der Waals surface area (Å²) in [5, 5.41) is 3.25. The number of hydrogen-bond acceptors (Lipinski definition) is 6. The van der Waals surface area contributed by atoms with E-state index in [4.69, 9.17) is 9.47 Å². The molecule has 1 unspecified atom stereocenters. The van der Waals surface area contributed by atoms with Crippen molar-refractivity contribution in [2.45, 2.75) is 17.9 Å². The summed E-state index contributed by atoms with van der Waals surface area (Å²) in [7, 11) is -0.632. The van der Waals surface area contributed by atoms with Crippen LogP contribution in [-0.2, 0) is 19.5 Å². The van der Waals surface area contributed by atoms with Crippen LogP contribution in [0.25, 0.3) is 0 Å². The van der Waals surface area contributed by atoms with Gasteiger partial charge in [0.15, 0.2) is 0 Å². The van der Waals surface area contributed by atoms with E-state index in [0.717, 1.165) is 13.1 Å². The first-order chi connectivity index (χ1) is 12.9. The molecule has 2 rings (SSSR count). The molecule has 0 spiro atoms. The Balaban J connectivity index is 0.00000392. The Bertz CT molecular complexity index is 706. The van der Waals surface area contributed by atoms with E-state index >= 15 is 0 Å². The van der Waals surface area contributed by atoms with Gasteiger partial charge in [-0.1, -0.05) is 0 Å². The van der Waals surface area contributed by atoms with Crippen LogP contribution in [0.5, 0.6) is 0 Å². The van der Waals surface area contributed by atoms with Crippen LogP contribution in [0.2, 0.25) is 0 Å². The molecule has 0 bridgehead atoms. The monoisotopic (exact) mass is 435 g/mol. The van der Waals surface area contributed by atoms with E-state index in [9.17, 15) is 13.2 Å². The number of nitrogens with zero attached hydrogens (tertiary/aromatic N) is 2. The van der Waals surface area contributed by atoms with E-state index < -0.39 is 10.0 Å². The number of hydrogen-bond donors (Lipinski definition) is 1. The molecule has 1 fully saturated rings. The first-order valence-electron chi connectivity index (χ1n) is 9.01. The second-order valence-corrected chi connectivity index (χ2v) is 8.40. The molecule has 1 aliphatic rings. The maximum Gasteiger partial charge on any atom is 0.254 e. The second-order valence-electron chi connectivity index (χ2n) is 6.47. The first-order valence-corrected chi connectivity index (χ1v) is 10.5. The van der Waals surface area contributed by atoms with Crippen molar-refractivity contribution in [3.8, 4) is 0 Å². The van der Waals surface area contributed by atoms with Crippen molar-refractivity contribution < 1.29 is 22.7 Å². The number of nitrogens with one attached hydrogen (secondary N) is 1. The normalized spacial score (nSPS) is 17.4. The zero-order valence-corrected chi connectivity index (χ0v) is 18.2. The van der Waals surface area contributed by atoms with Crippen molar-refractivity contribution in [1.82, 2.24) is 14.5 Å². The zero-order valence-electron chi connectivity index (χ0n) is 16.6. The molecule has 160 valence electrons. The summed E-state index contributed by atoms with van der Waals surface area (Å²) in [6.45, 7) is 5.21. The summed E-state index contributed by atoms with van der Waals surface area (Å²) in [5.74, 6) is -0.0800. The lowest BCUT2D eigenvalue weighted by molar-refractivity contribution is 0.0655. The van der Waals surface area contributed by atoms with Crippen LogP contribution in [-0.4, -0.2) is 89.7 Å². The Morgan fingerprint density at radius 1 is 1.18 bits per heavy atom. The van der Waals surface area contributed by atoms with Crippen LogP contribution in [0.3, 0.4) is 0 Å². The van der Waals surface area contributed by atoms with Crippen LogP contribution in [0, 0.1) is 0 Å². The number of halogens is 1. The lowest BCUT2D eigenvalue weighted by Gasteiger charge is -2.34. The third kappa shape index (κ3) is 6.13. The van der Waals surface area contributed by atoms with Crippen LogP contribution in [0.1, 0.15) is 17.3 Å². The van der Waals surface area contributed by atoms with Gasteiger partial charge in [-0.15, -0.1) is 12.4 Å². The summed E-state index contributed by atoms with van der Waals surface area (Å²) in [5.41, 5.74) is 0.489. The fraction of sp³-hybridized carbons (Fsp3) is 0.611. The minimum atomic E-state index is -3.69. The van der Waals surface area contributed by atoms with Crippen molar-refractivity contribution in [3.63, 3.8) is 0 Å². The Morgan fingerprint density at radius 3 is 2.25 bits per heavy atom. The molecule has 0 radical (unpaired) electrons. The van der Waals surface area contributed by atoms with Gasteiger partial charge >= 0.3 is 0 Å². The zero-order chi connectivity index (χ0) is 19.9. The number of ether oxygens (including phenoxy) is 2. The standard InChI is InChI=1S/C18H29N3O5S.ClH/c1-15-14-19-8-9-21(15)18(22)16-4-6-17(7-5-16)27(23,24)20(10-12-25-2)11-13-26-3;/h4-7,15,19H,8-14H2,1-3H3;1H. The van der Waals surface area contributed by atoms with E-state index in [1.165, 1.54) is 30.7 Å². The van der Waals surface area contributed by atoms with Crippen molar-refractivity contribution in [2.75, 3.05) is 60.2 Å². The van der Waals surface area contributed by atoms with Gasteiger partial charge < -0.3 is 19.7 Å². The molecular weight excluding hydrogens is 406 g/mol. The Labute approximate surface area is 173 Å². The quantitative estimate of drug-likeness (QED) is 0.618. The average molecular weight is 436 g/mol. The molecule has 0 aromatic heterocycles. The predicted molar refractivity (Wildman–Crippen MR) is 110 cm³/mol. The Morgan fingerprint density at radius 2 is 1.75 bits per heavy atom. The van der Waals surface area contributed by atoms with Gasteiger partial charge in [-0.05, 0) is 31.2 Å². The molecule has 1 aliphatic heterocycles. The van der Waals surface area contributed by atoms with Crippen LogP contribution >= 0.6 is 12.4 Å². The molecule has 1 atom stereocenters. The largest absolute Gasteiger partial charge is 0.383 e. The molecule has 1 N–H and O–H groups in total. The summed E-state index contributed by atoms with van der Waals surface area (Å²) < 4.78 is 37.1. The van der Waals surface area contributed by atoms with Gasteiger partial charge in [0, 0.05) is 58.5 Å². The van der Waals surface area contributed by atoms with Crippen molar-refractivity contribution in [1.29, 1.82) is 0 Å². The number of carbonyl (C=O) groups excluding carboxylic acids is 1. The van der Waals surface area contributed by atoms with Gasteiger partial charge in [0.05, 0.1) is 18.1 Å². The maximum atomic E-state index is 12.9. The maximum absolute atomic E-state index is 12.9. The number of carbonyl (C=O) groups is 1. The van der Waals surface area contributed by atoms with Crippen molar-refractivity contribution in [2.24, 2.45) is 0 Å². The highest BCUT2D eigenvalue weighted by Gasteiger charge is 2.26. The summed E-state index contributed by atoms with van der Waals surface area (Å²) in [6, 6.07) is 6.24. The molecule has 8 nitrogen and oxygen atoms in total. The Hall–Kier alpha value is -1.23. The summed E-state index contributed by atoms with van der Waals surface area (Å²) in [6.07, 6.45) is 0. The SMILES string of the molecule is COCCN(CCOC)S(=O)(=O)c1ccc(C(=O)N2CCNCC2C)cc1.Cl. The molecule has 1 aromatic rings. The molecule has 1 saturated heterocycles. The predicted octanol–water partition coefficient (Wildman–Crippen LogP) is 0.826. The van der Waals surface area contributed by atoms with Gasteiger partial charge in [-0.25, -0.2) is 8.42 Å². The molecule has 0 saturated carbocycles. The molecule has 0 aliphatic carbocycles. The number of methoxy groups -OCH3 is 2. The second kappa shape index (κ2) is 11.7. The van der Waals surface area contributed by atoms with Crippen molar-refractivity contribution >= 4 is 28.3 Å². The highest BCUT2D eigenvalue weighted by molar-refractivity contribution is 7.89. The topological polar surface area (TPSA) is 88.2 Å². The first kappa shape index (κ1) is 24.8. The van der Waals surface area contributed by atoms with E-state index in [-0.39, 0.29) is 42.3 Å². The van der Waals surface area contributed by atoms with E-state index in [1.54, 1.807) is 12.1 Å². The minimum absolute atomic E-state index is 0. The molecule has 1 amide bonds. The minimum Gasteiger partial charge on any atom is -0.383 e. The van der Waals surface area contributed by atoms with Gasteiger partial charge in [0.1, 0.15) is 0 Å². The molecule has 1 heterocycles. The summed E-state index contributed by atoms with van der Waals surface area (Å²) in [4.78, 5) is 14.7. The smallest absolute Gasteiger partial charge is 0.254 e. The molecule has 10 heteroatoms. The van der Waals surface area contributed by atoms with Gasteiger partial charge in [-0.2, -0.15) is 4.31 Å². The molecule has 28 heavy (non-hydrogen) atoms. The summed E-state index contributed by atoms with van der Waals surface area (Å²) >= 11 is 0. The Kier molecular flexibility index (Phi) is 10.4. The highest BCUT2D eigenvalue weighted by atomic mass is 35.5. The fourth-order valence-electron chi connectivity index (χ4n) is 2.97. The number of rotatable bonds is 9. The molecule has 1 aromatic carbocycles. The van der Waals surface area contributed by atoms with Crippen LogP contribution in [0.4, 0.5) is 0 Å². The number of piperazine rings is 1. The van der Waals surface area contributed by atoms with Gasteiger partial charge in [-0.3, -0.25) is 4.79 Å². The fourth-order valence-corrected chi connectivity index (χ4v) is 4.37. The van der Waals surface area contributed by atoms with Gasteiger partial charge in [0.2, 0.25) is 10.0 Å². The van der Waals surface area contributed by atoms with E-state index in [1.807, 2.05) is 11.8 Å². The number of benzene rings is 1. The van der Waals surface area contributed by atoms with Crippen LogP contribution < -0.4 is 5.32 Å². The third-order valence-corrected chi connectivity index (χ3v) is 6.50. The third-order valence-electron chi connectivity index (χ3n) is 4.59. The number of sulfonamides is 1. The average Bonchev–Trinajstić information content (AvgIpc) is 2.68. The lowest BCUT2D eigenvalue weighted by atomic mass is 10.1. The van der Waals surface area contributed by atoms with E-state index in [0.29, 0.717) is 25.3 Å². The van der Waals surface area contributed by atoms with Crippen LogP contribution in [0.15, 0.2) is 29.2 Å². The van der Waals surface area contributed by atoms with E-state index in [2.05, 4.69) is 5.32 Å².